The summed E-state index contributed by atoms with van der Waals surface area (Å²) in [6.07, 6.45) is 1.46. The molecule has 0 aromatic heterocycles. The van der Waals surface area contributed by atoms with Gasteiger partial charge in [0.15, 0.2) is 0 Å². The fourth-order valence-corrected chi connectivity index (χ4v) is 4.50. The molecule has 4 rings (SSSR count). The summed E-state index contributed by atoms with van der Waals surface area (Å²) in [6, 6.07) is 17.8. The Hall–Kier alpha value is -2.97. The highest BCUT2D eigenvalue weighted by Gasteiger charge is 2.35. The average Bonchev–Trinajstić information content (AvgIpc) is 3.09. The van der Waals surface area contributed by atoms with Crippen LogP contribution in [0.25, 0.3) is 6.08 Å². The molecule has 1 aliphatic rings. The lowest BCUT2D eigenvalue weighted by atomic mass is 10.1. The second kappa shape index (κ2) is 11.2. The normalized spacial score (nSPS) is 14.5. The van der Waals surface area contributed by atoms with E-state index in [1.807, 2.05) is 0 Å². The summed E-state index contributed by atoms with van der Waals surface area (Å²) in [5.41, 5.74) is 0.553. The van der Waals surface area contributed by atoms with Crippen molar-refractivity contribution in [1.29, 1.82) is 0 Å². The van der Waals surface area contributed by atoms with Crippen LogP contribution in [0.15, 0.2) is 71.6 Å². The maximum absolute atomic E-state index is 12.9. The summed E-state index contributed by atoms with van der Waals surface area (Å²) in [4.78, 5) is 39.2. The van der Waals surface area contributed by atoms with Crippen molar-refractivity contribution in [3.8, 4) is 11.5 Å². The fraction of sp³-hybridized carbons (Fsp3) is 0.0800. The van der Waals surface area contributed by atoms with Crippen molar-refractivity contribution in [1.82, 2.24) is 4.90 Å². The van der Waals surface area contributed by atoms with E-state index in [2.05, 4.69) is 0 Å². The van der Waals surface area contributed by atoms with Crippen molar-refractivity contribution in [3.63, 3.8) is 0 Å². The van der Waals surface area contributed by atoms with E-state index in [9.17, 15) is 14.4 Å². The lowest BCUT2D eigenvalue weighted by Gasteiger charge is -2.13. The van der Waals surface area contributed by atoms with Crippen LogP contribution in [0.2, 0.25) is 15.1 Å². The molecule has 1 heterocycles. The standard InChI is InChI=1S/C25H16Cl3NO5S/c26-16-5-8-18(9-6-16)33-12-11-29-23(30)22(35-25(29)32)14-15-13-17(27)7-10-21(15)34-24(31)19-3-1-2-4-20(19)28/h1-10,13-14H,11-12H2/b22-14-. The van der Waals surface area contributed by atoms with E-state index < -0.39 is 17.1 Å². The van der Waals surface area contributed by atoms with Crippen LogP contribution in [0.3, 0.4) is 0 Å². The fourth-order valence-electron chi connectivity index (χ4n) is 3.13. The molecule has 0 atom stereocenters. The van der Waals surface area contributed by atoms with Crippen LogP contribution in [-0.2, 0) is 4.79 Å². The largest absolute Gasteiger partial charge is 0.492 e. The molecule has 6 nitrogen and oxygen atoms in total. The number of imide groups is 1. The minimum Gasteiger partial charge on any atom is -0.492 e. The SMILES string of the molecule is O=C(Oc1ccc(Cl)cc1/C=C1\SC(=O)N(CCOc2ccc(Cl)cc2)C1=O)c1ccccc1Cl. The summed E-state index contributed by atoms with van der Waals surface area (Å²) < 4.78 is 11.1. The number of ether oxygens (including phenoxy) is 2. The number of rotatable bonds is 7. The molecule has 0 saturated carbocycles. The Morgan fingerprint density at radius 2 is 1.66 bits per heavy atom. The van der Waals surface area contributed by atoms with E-state index in [4.69, 9.17) is 44.3 Å². The highest BCUT2D eigenvalue weighted by molar-refractivity contribution is 8.18. The molecule has 0 N–H and O–H groups in total. The molecule has 10 heteroatoms. The Kier molecular flexibility index (Phi) is 8.03. The maximum Gasteiger partial charge on any atom is 0.345 e. The number of esters is 1. The van der Waals surface area contributed by atoms with Gasteiger partial charge in [-0.3, -0.25) is 14.5 Å². The summed E-state index contributed by atoms with van der Waals surface area (Å²) in [7, 11) is 0. The van der Waals surface area contributed by atoms with Crippen LogP contribution >= 0.6 is 46.6 Å². The van der Waals surface area contributed by atoms with Gasteiger partial charge in [0.2, 0.25) is 0 Å². The predicted molar refractivity (Wildman–Crippen MR) is 137 cm³/mol. The molecule has 0 aliphatic carbocycles. The minimum absolute atomic E-state index is 0.0640. The number of thioether (sulfide) groups is 1. The minimum atomic E-state index is -0.667. The lowest BCUT2D eigenvalue weighted by Crippen LogP contribution is -2.32. The molecule has 178 valence electrons. The zero-order valence-electron chi connectivity index (χ0n) is 17.9. The van der Waals surface area contributed by atoms with Crippen molar-refractivity contribution < 1.29 is 23.9 Å². The molecular formula is C25H16Cl3NO5S. The third kappa shape index (κ3) is 6.18. The smallest absolute Gasteiger partial charge is 0.345 e. The van der Waals surface area contributed by atoms with Crippen LogP contribution < -0.4 is 9.47 Å². The molecule has 2 amide bonds. The molecule has 1 aliphatic heterocycles. The van der Waals surface area contributed by atoms with Crippen LogP contribution in [0.5, 0.6) is 11.5 Å². The van der Waals surface area contributed by atoms with Gasteiger partial charge in [-0.25, -0.2) is 4.79 Å². The van der Waals surface area contributed by atoms with Gasteiger partial charge in [0.1, 0.15) is 18.1 Å². The maximum atomic E-state index is 12.9. The van der Waals surface area contributed by atoms with Crippen molar-refractivity contribution in [2.75, 3.05) is 13.2 Å². The number of nitrogens with zero attached hydrogens (tertiary/aromatic N) is 1. The van der Waals surface area contributed by atoms with Gasteiger partial charge in [-0.05, 0) is 72.4 Å². The second-order valence-corrected chi connectivity index (χ2v) is 9.46. The number of hydrogen-bond acceptors (Lipinski definition) is 6. The second-order valence-electron chi connectivity index (χ2n) is 7.19. The van der Waals surface area contributed by atoms with Crippen molar-refractivity contribution in [2.24, 2.45) is 0 Å². The van der Waals surface area contributed by atoms with Gasteiger partial charge in [-0.15, -0.1) is 0 Å². The van der Waals surface area contributed by atoms with E-state index in [1.165, 1.54) is 24.3 Å². The van der Waals surface area contributed by atoms with Gasteiger partial charge in [0.25, 0.3) is 11.1 Å². The molecule has 3 aromatic carbocycles. The number of benzene rings is 3. The first kappa shape index (κ1) is 25.1. The van der Waals surface area contributed by atoms with Crippen molar-refractivity contribution >= 4 is 69.8 Å². The Labute approximate surface area is 220 Å². The predicted octanol–water partition coefficient (Wildman–Crippen LogP) is 6.98. The number of amides is 2. The number of halogens is 3. The molecule has 1 fully saturated rings. The Bertz CT molecular complexity index is 1330. The molecule has 35 heavy (non-hydrogen) atoms. The number of carbonyl (C=O) groups excluding carboxylic acids is 3. The van der Waals surface area contributed by atoms with Gasteiger partial charge in [0.05, 0.1) is 22.0 Å². The molecule has 0 spiro atoms. The summed E-state index contributed by atoms with van der Waals surface area (Å²) in [6.45, 7) is 0.180. The molecule has 0 radical (unpaired) electrons. The molecule has 0 bridgehead atoms. The summed E-state index contributed by atoms with van der Waals surface area (Å²) >= 11 is 18.8. The van der Waals surface area contributed by atoms with Gasteiger partial charge >= 0.3 is 5.97 Å². The summed E-state index contributed by atoms with van der Waals surface area (Å²) in [5, 5.41) is 0.753. The van der Waals surface area contributed by atoms with E-state index in [0.717, 1.165) is 16.7 Å². The highest BCUT2D eigenvalue weighted by atomic mass is 35.5. The Morgan fingerprint density at radius 1 is 0.943 bits per heavy atom. The number of hydrogen-bond donors (Lipinski definition) is 0. The quantitative estimate of drug-likeness (QED) is 0.180. The highest BCUT2D eigenvalue weighted by Crippen LogP contribution is 2.35. The molecular weight excluding hydrogens is 533 g/mol. The summed E-state index contributed by atoms with van der Waals surface area (Å²) in [5.74, 6) is -0.416. The average molecular weight is 549 g/mol. The van der Waals surface area contributed by atoms with Crippen molar-refractivity contribution in [2.45, 2.75) is 0 Å². The molecule has 3 aromatic rings. The first-order valence-corrected chi connectivity index (χ1v) is 12.2. The lowest BCUT2D eigenvalue weighted by molar-refractivity contribution is -0.123. The molecule has 1 saturated heterocycles. The van der Waals surface area contributed by atoms with E-state index in [-0.39, 0.29) is 34.4 Å². The van der Waals surface area contributed by atoms with Gasteiger partial charge in [-0.2, -0.15) is 0 Å². The zero-order valence-corrected chi connectivity index (χ0v) is 21.0. The van der Waals surface area contributed by atoms with Gasteiger partial charge in [0, 0.05) is 15.6 Å². The number of carbonyl (C=O) groups is 3. The Morgan fingerprint density at radius 3 is 2.40 bits per heavy atom. The zero-order chi connectivity index (χ0) is 24.9. The van der Waals surface area contributed by atoms with E-state index in [1.54, 1.807) is 48.5 Å². The van der Waals surface area contributed by atoms with E-state index in [0.29, 0.717) is 21.4 Å². The van der Waals surface area contributed by atoms with Crippen LogP contribution in [0, 0.1) is 0 Å². The first-order valence-electron chi connectivity index (χ1n) is 10.2. The third-order valence-electron chi connectivity index (χ3n) is 4.83. The monoisotopic (exact) mass is 547 g/mol. The Balaban J connectivity index is 1.48. The van der Waals surface area contributed by atoms with E-state index >= 15 is 0 Å². The van der Waals surface area contributed by atoms with Crippen LogP contribution in [0.1, 0.15) is 15.9 Å². The van der Waals surface area contributed by atoms with Crippen molar-refractivity contribution in [3.05, 3.63) is 97.8 Å². The van der Waals surface area contributed by atoms with Gasteiger partial charge in [-0.1, -0.05) is 46.9 Å². The first-order chi connectivity index (χ1) is 16.8. The molecule has 0 unspecified atom stereocenters. The van der Waals surface area contributed by atoms with Crippen LogP contribution in [0.4, 0.5) is 4.79 Å². The van der Waals surface area contributed by atoms with Crippen LogP contribution in [-0.4, -0.2) is 35.2 Å². The van der Waals surface area contributed by atoms with Gasteiger partial charge < -0.3 is 9.47 Å². The topological polar surface area (TPSA) is 72.9 Å². The third-order valence-corrected chi connectivity index (χ3v) is 6.55.